The van der Waals surface area contributed by atoms with Crippen LogP contribution in [0.1, 0.15) is 37.4 Å². The molecule has 1 saturated heterocycles. The van der Waals surface area contributed by atoms with Crippen LogP contribution in [0.25, 0.3) is 0 Å². The van der Waals surface area contributed by atoms with Crippen LogP contribution < -0.4 is 5.32 Å². The van der Waals surface area contributed by atoms with Crippen molar-refractivity contribution in [2.24, 2.45) is 0 Å². The summed E-state index contributed by atoms with van der Waals surface area (Å²) in [5, 5.41) is 2.93. The molecule has 24 heavy (non-hydrogen) atoms. The number of rotatable bonds is 4. The van der Waals surface area contributed by atoms with Crippen molar-refractivity contribution in [2.75, 3.05) is 0 Å². The normalized spacial score (nSPS) is 23.9. The van der Waals surface area contributed by atoms with Crippen molar-refractivity contribution in [3.63, 3.8) is 0 Å². The zero-order valence-corrected chi connectivity index (χ0v) is 14.0. The molecule has 4 nitrogen and oxygen atoms in total. The number of hydrogen-bond acceptors (Lipinski definition) is 2. The predicted octanol–water partition coefficient (Wildman–Crippen LogP) is 3.06. The van der Waals surface area contributed by atoms with Gasteiger partial charge in [-0.05, 0) is 24.5 Å². The summed E-state index contributed by atoms with van der Waals surface area (Å²) in [6.07, 6.45) is 0.560. The molecule has 1 N–H and O–H groups in total. The molecule has 124 valence electrons. The Balaban J connectivity index is 2.01. The summed E-state index contributed by atoms with van der Waals surface area (Å²) < 4.78 is 0. The summed E-state index contributed by atoms with van der Waals surface area (Å²) >= 11 is 0. The molecule has 1 fully saturated rings. The van der Waals surface area contributed by atoms with Gasteiger partial charge >= 0.3 is 0 Å². The summed E-state index contributed by atoms with van der Waals surface area (Å²) in [7, 11) is 0. The van der Waals surface area contributed by atoms with E-state index in [4.69, 9.17) is 0 Å². The van der Waals surface area contributed by atoms with E-state index in [1.807, 2.05) is 67.6 Å². The van der Waals surface area contributed by atoms with Gasteiger partial charge in [0.25, 0.3) is 0 Å². The molecule has 2 unspecified atom stereocenters. The third-order valence-electron chi connectivity index (χ3n) is 4.71. The molecule has 4 heteroatoms. The van der Waals surface area contributed by atoms with Crippen LogP contribution in [0.15, 0.2) is 60.7 Å². The summed E-state index contributed by atoms with van der Waals surface area (Å²) in [5.74, 6) is -0.164. The molecule has 0 spiro atoms. The molecule has 3 rings (SSSR count). The van der Waals surface area contributed by atoms with Crippen LogP contribution in [0.5, 0.6) is 0 Å². The van der Waals surface area contributed by atoms with Crippen molar-refractivity contribution in [3.8, 4) is 0 Å². The molecule has 1 aliphatic heterocycles. The molecule has 0 bridgehead atoms. The van der Waals surface area contributed by atoms with Crippen LogP contribution in [-0.4, -0.2) is 22.3 Å². The van der Waals surface area contributed by atoms with E-state index in [9.17, 15) is 9.59 Å². The maximum Gasteiger partial charge on any atom is 0.249 e. The summed E-state index contributed by atoms with van der Waals surface area (Å²) in [6, 6.07) is 18.7. The van der Waals surface area contributed by atoms with Crippen molar-refractivity contribution in [3.05, 3.63) is 71.8 Å². The molecule has 2 aromatic rings. The van der Waals surface area contributed by atoms with E-state index in [0.29, 0.717) is 13.0 Å². The van der Waals surface area contributed by atoms with Gasteiger partial charge in [-0.2, -0.15) is 0 Å². The van der Waals surface area contributed by atoms with Gasteiger partial charge in [0.05, 0.1) is 0 Å². The minimum absolute atomic E-state index is 0.0395. The monoisotopic (exact) mass is 322 g/mol. The van der Waals surface area contributed by atoms with Crippen LogP contribution in [0.3, 0.4) is 0 Å². The lowest BCUT2D eigenvalue weighted by Gasteiger charge is -2.44. The van der Waals surface area contributed by atoms with Crippen molar-refractivity contribution in [2.45, 2.75) is 38.4 Å². The lowest BCUT2D eigenvalue weighted by Crippen LogP contribution is -2.65. The molecule has 0 saturated carbocycles. The van der Waals surface area contributed by atoms with Crippen LogP contribution in [0, 0.1) is 0 Å². The van der Waals surface area contributed by atoms with Crippen molar-refractivity contribution >= 4 is 11.8 Å². The highest BCUT2D eigenvalue weighted by Gasteiger charge is 2.47. The van der Waals surface area contributed by atoms with Gasteiger partial charge in [-0.25, -0.2) is 0 Å². The molecule has 1 heterocycles. The Morgan fingerprint density at radius 2 is 1.58 bits per heavy atom. The van der Waals surface area contributed by atoms with Crippen LogP contribution >= 0.6 is 0 Å². The molecule has 2 aromatic carbocycles. The lowest BCUT2D eigenvalue weighted by molar-refractivity contribution is -0.155. The highest BCUT2D eigenvalue weighted by atomic mass is 16.2. The first-order valence-corrected chi connectivity index (χ1v) is 8.27. The standard InChI is InChI=1S/C20H22N2O2/c1-3-20(2)19(24)22(14-15-10-6-4-7-11-15)17(18(23)21-20)16-12-8-5-9-13-16/h4-13,17H,3,14H2,1-2H3,(H,21,23). The Hall–Kier alpha value is -2.62. The molecule has 0 aliphatic carbocycles. The third-order valence-corrected chi connectivity index (χ3v) is 4.71. The minimum Gasteiger partial charge on any atom is -0.340 e. The van der Waals surface area contributed by atoms with Gasteiger partial charge in [-0.3, -0.25) is 9.59 Å². The van der Waals surface area contributed by atoms with Crippen molar-refractivity contribution in [1.29, 1.82) is 0 Å². The maximum atomic E-state index is 13.1. The number of carbonyl (C=O) groups excluding carboxylic acids is 2. The molecule has 0 radical (unpaired) electrons. The second kappa shape index (κ2) is 6.48. The third kappa shape index (κ3) is 2.92. The van der Waals surface area contributed by atoms with E-state index < -0.39 is 11.6 Å². The molecule has 2 atom stereocenters. The largest absolute Gasteiger partial charge is 0.340 e. The fourth-order valence-corrected chi connectivity index (χ4v) is 3.12. The Bertz CT molecular complexity index is 730. The Morgan fingerprint density at radius 3 is 2.17 bits per heavy atom. The number of amides is 2. The fourth-order valence-electron chi connectivity index (χ4n) is 3.12. The molecule has 1 aliphatic rings. The van der Waals surface area contributed by atoms with E-state index in [1.54, 1.807) is 11.8 Å². The number of piperazine rings is 1. The van der Waals surface area contributed by atoms with Gasteiger partial charge in [0.15, 0.2) is 0 Å². The van der Waals surface area contributed by atoms with Gasteiger partial charge in [0, 0.05) is 6.54 Å². The highest BCUT2D eigenvalue weighted by molar-refractivity contribution is 6.00. The first-order valence-electron chi connectivity index (χ1n) is 8.27. The number of carbonyl (C=O) groups is 2. The smallest absolute Gasteiger partial charge is 0.249 e. The van der Waals surface area contributed by atoms with Crippen LogP contribution in [-0.2, 0) is 16.1 Å². The van der Waals surface area contributed by atoms with Gasteiger partial charge in [-0.1, -0.05) is 67.6 Å². The Kier molecular flexibility index (Phi) is 4.38. The lowest BCUT2D eigenvalue weighted by atomic mass is 9.89. The average molecular weight is 322 g/mol. The van der Waals surface area contributed by atoms with E-state index in [1.165, 1.54) is 0 Å². The first-order chi connectivity index (χ1) is 11.5. The highest BCUT2D eigenvalue weighted by Crippen LogP contribution is 2.32. The van der Waals surface area contributed by atoms with E-state index in [0.717, 1.165) is 11.1 Å². The van der Waals surface area contributed by atoms with Gasteiger partial charge in [-0.15, -0.1) is 0 Å². The quantitative estimate of drug-likeness (QED) is 0.940. The second-order valence-corrected chi connectivity index (χ2v) is 6.41. The van der Waals surface area contributed by atoms with Gasteiger partial charge in [0.1, 0.15) is 11.6 Å². The van der Waals surface area contributed by atoms with Crippen LogP contribution in [0.4, 0.5) is 0 Å². The number of hydrogen-bond donors (Lipinski definition) is 1. The molecular weight excluding hydrogens is 300 g/mol. The molecular formula is C20H22N2O2. The van der Waals surface area contributed by atoms with Gasteiger partial charge < -0.3 is 10.2 Å². The Morgan fingerprint density at radius 1 is 1.00 bits per heavy atom. The zero-order valence-electron chi connectivity index (χ0n) is 14.0. The summed E-state index contributed by atoms with van der Waals surface area (Å²) in [4.78, 5) is 27.6. The minimum atomic E-state index is -0.850. The summed E-state index contributed by atoms with van der Waals surface area (Å²) in [5.41, 5.74) is 0.995. The average Bonchev–Trinajstić information content (AvgIpc) is 2.61. The zero-order chi connectivity index (χ0) is 17.2. The van der Waals surface area contributed by atoms with Crippen LogP contribution in [0.2, 0.25) is 0 Å². The molecule has 2 amide bonds. The van der Waals surface area contributed by atoms with E-state index in [-0.39, 0.29) is 11.8 Å². The van der Waals surface area contributed by atoms with E-state index in [2.05, 4.69) is 5.32 Å². The maximum absolute atomic E-state index is 13.1. The second-order valence-electron chi connectivity index (χ2n) is 6.41. The van der Waals surface area contributed by atoms with E-state index >= 15 is 0 Å². The fraction of sp³-hybridized carbons (Fsp3) is 0.300. The summed E-state index contributed by atoms with van der Waals surface area (Å²) in [6.45, 7) is 4.14. The topological polar surface area (TPSA) is 49.4 Å². The number of benzene rings is 2. The molecule has 0 aromatic heterocycles. The SMILES string of the molecule is CCC1(C)NC(=O)C(c2ccccc2)N(Cc2ccccc2)C1=O. The van der Waals surface area contributed by atoms with Crippen molar-refractivity contribution < 1.29 is 9.59 Å². The van der Waals surface area contributed by atoms with Crippen molar-refractivity contribution in [1.82, 2.24) is 10.2 Å². The number of nitrogens with one attached hydrogen (secondary N) is 1. The predicted molar refractivity (Wildman–Crippen MR) is 93.0 cm³/mol. The Labute approximate surface area is 142 Å². The van der Waals surface area contributed by atoms with Gasteiger partial charge in [0.2, 0.25) is 11.8 Å². The first kappa shape index (κ1) is 16.2. The number of nitrogens with zero attached hydrogens (tertiary/aromatic N) is 1.